The van der Waals surface area contributed by atoms with Gasteiger partial charge in [-0.1, -0.05) is 121 Å². The second-order valence-corrected chi connectivity index (χ2v) is 15.3. The third kappa shape index (κ3) is 7.07. The molecule has 65 heavy (non-hydrogen) atoms. The largest absolute Gasteiger partial charge is 0.308 e. The first-order valence-corrected chi connectivity index (χ1v) is 20.5. The van der Waals surface area contributed by atoms with E-state index in [4.69, 9.17) is 29.7 Å². The van der Waals surface area contributed by atoms with E-state index < -0.39 is 0 Å². The molecule has 0 aliphatic carbocycles. The Labute approximate surface area is 374 Å². The quantitative estimate of drug-likeness (QED) is 0.150. The molecular weight excluding hydrogens is 797 g/mol. The summed E-state index contributed by atoms with van der Waals surface area (Å²) in [6, 6.07) is 62.9. The molecule has 0 aliphatic rings. The Hall–Kier alpha value is -9.91. The Morgan fingerprint density at radius 3 is 1.71 bits per heavy atom. The van der Waals surface area contributed by atoms with Crippen molar-refractivity contribution in [2.75, 3.05) is 0 Å². The average Bonchev–Trinajstić information content (AvgIpc) is 3.71. The van der Waals surface area contributed by atoms with Gasteiger partial charge in [0.2, 0.25) is 0 Å². The Kier molecular flexibility index (Phi) is 9.97. The lowest BCUT2D eigenvalue weighted by Gasteiger charge is -2.21. The summed E-state index contributed by atoms with van der Waals surface area (Å²) in [5, 5.41) is 22.3. The number of hydrogen-bond donors (Lipinski definition) is 0. The second-order valence-electron chi connectivity index (χ2n) is 15.3. The molecule has 0 aliphatic heterocycles. The van der Waals surface area contributed by atoms with Crippen molar-refractivity contribution in [2.45, 2.75) is 0 Å². The fourth-order valence-corrected chi connectivity index (χ4v) is 8.56. The first-order chi connectivity index (χ1) is 32.0. The highest BCUT2D eigenvalue weighted by Gasteiger charge is 2.24. The van der Waals surface area contributed by atoms with Crippen LogP contribution in [0.4, 0.5) is 17.1 Å². The van der Waals surface area contributed by atoms with Crippen LogP contribution in [0.15, 0.2) is 182 Å². The number of rotatable bonds is 7. The van der Waals surface area contributed by atoms with Crippen molar-refractivity contribution in [3.05, 3.63) is 227 Å². The van der Waals surface area contributed by atoms with Gasteiger partial charge in [0.15, 0.2) is 22.9 Å². The van der Waals surface area contributed by atoms with Crippen molar-refractivity contribution in [2.24, 2.45) is 0 Å². The van der Waals surface area contributed by atoms with Crippen molar-refractivity contribution in [3.8, 4) is 85.1 Å². The Balaban J connectivity index is 1.33. The molecule has 0 atom stereocenters. The predicted octanol–water partition coefficient (Wildman–Crippen LogP) is 15.0. The first-order valence-electron chi connectivity index (χ1n) is 20.5. The number of para-hydroxylation sites is 1. The molecule has 8 nitrogen and oxygen atoms in total. The summed E-state index contributed by atoms with van der Waals surface area (Å²) in [5.74, 6) is 0.497. The van der Waals surface area contributed by atoms with Gasteiger partial charge in [0.05, 0.1) is 65.5 Å². The zero-order chi connectivity index (χ0) is 44.4. The summed E-state index contributed by atoms with van der Waals surface area (Å²) in [7, 11) is 0. The van der Waals surface area contributed by atoms with E-state index in [0.29, 0.717) is 28.2 Å². The van der Waals surface area contributed by atoms with Crippen LogP contribution in [-0.2, 0) is 0 Å². The third-order valence-electron chi connectivity index (χ3n) is 11.5. The molecule has 8 aromatic carbocycles. The molecular formula is C57H30N8. The molecule has 0 bridgehead atoms. The molecule has 0 saturated heterocycles. The summed E-state index contributed by atoms with van der Waals surface area (Å²) in [6.07, 6.45) is 0. The lowest BCUT2D eigenvalue weighted by molar-refractivity contribution is 1.17. The van der Waals surface area contributed by atoms with E-state index in [2.05, 4.69) is 55.5 Å². The summed E-state index contributed by atoms with van der Waals surface area (Å²) < 4.78 is 2.21. The van der Waals surface area contributed by atoms with E-state index in [-0.39, 0.29) is 16.9 Å². The lowest BCUT2D eigenvalue weighted by Crippen LogP contribution is -2.03. The predicted molar refractivity (Wildman–Crippen MR) is 257 cm³/mol. The van der Waals surface area contributed by atoms with Gasteiger partial charge in [0, 0.05) is 49.7 Å². The fourth-order valence-electron chi connectivity index (χ4n) is 8.56. The third-order valence-corrected chi connectivity index (χ3v) is 11.5. The monoisotopic (exact) mass is 826 g/mol. The number of nitrogens with zero attached hydrogens (tertiary/aromatic N) is 8. The van der Waals surface area contributed by atoms with E-state index >= 15 is 0 Å². The van der Waals surface area contributed by atoms with E-state index in [1.54, 1.807) is 12.1 Å². The first kappa shape index (κ1) is 39.2. The van der Waals surface area contributed by atoms with Crippen LogP contribution >= 0.6 is 0 Å². The van der Waals surface area contributed by atoms with Crippen LogP contribution in [0.25, 0.3) is 109 Å². The molecule has 0 radical (unpaired) electrons. The molecule has 298 valence electrons. The molecule has 10 rings (SSSR count). The van der Waals surface area contributed by atoms with Crippen LogP contribution in [0, 0.1) is 42.4 Å². The van der Waals surface area contributed by atoms with Crippen LogP contribution in [0.5, 0.6) is 0 Å². The summed E-state index contributed by atoms with van der Waals surface area (Å²) in [4.78, 5) is 21.5. The Morgan fingerprint density at radius 1 is 0.446 bits per heavy atom. The van der Waals surface area contributed by atoms with E-state index in [1.807, 2.05) is 133 Å². The molecule has 10 aromatic rings. The minimum absolute atomic E-state index is 0.226. The molecule has 0 amide bonds. The van der Waals surface area contributed by atoms with Gasteiger partial charge in [-0.05, 0) is 77.4 Å². The number of nitriles is 2. The van der Waals surface area contributed by atoms with Gasteiger partial charge in [-0.3, -0.25) is 0 Å². The van der Waals surface area contributed by atoms with Crippen LogP contribution in [0.2, 0.25) is 0 Å². The highest BCUT2D eigenvalue weighted by molar-refractivity contribution is 6.12. The van der Waals surface area contributed by atoms with E-state index in [1.165, 1.54) is 12.1 Å². The van der Waals surface area contributed by atoms with Crippen LogP contribution in [0.3, 0.4) is 0 Å². The van der Waals surface area contributed by atoms with Gasteiger partial charge in [0.1, 0.15) is 0 Å². The summed E-state index contributed by atoms with van der Waals surface area (Å²) in [6.45, 7) is 23.6. The van der Waals surface area contributed by atoms with Crippen molar-refractivity contribution in [3.63, 3.8) is 0 Å². The van der Waals surface area contributed by atoms with Crippen LogP contribution < -0.4 is 0 Å². The maximum atomic E-state index is 10.3. The van der Waals surface area contributed by atoms with Crippen molar-refractivity contribution in [1.29, 1.82) is 10.5 Å². The van der Waals surface area contributed by atoms with Crippen molar-refractivity contribution in [1.82, 2.24) is 14.5 Å². The SMILES string of the molecule is [C-]#[N+]c1cccc(-c2cc(-c3nc(-c4ccccc4)cc(-c4ccccc4)n3)cc(-c3cccc(C#N)c3)c2-n2c3ccccc3c3cc(-c4c(C#N)cc([N+]#[C-])cc4[N+]#[C-])ccc32)c1. The van der Waals surface area contributed by atoms with Gasteiger partial charge in [-0.2, -0.15) is 10.5 Å². The van der Waals surface area contributed by atoms with Crippen LogP contribution in [0.1, 0.15) is 11.1 Å². The average molecular weight is 827 g/mol. The fraction of sp³-hybridized carbons (Fsp3) is 0. The molecule has 0 fully saturated rings. The summed E-state index contributed by atoms with van der Waals surface area (Å²) in [5.41, 5.74) is 12.6. The number of aromatic nitrogens is 3. The van der Waals surface area contributed by atoms with E-state index in [9.17, 15) is 10.5 Å². The van der Waals surface area contributed by atoms with Crippen LogP contribution in [-0.4, -0.2) is 14.5 Å². The van der Waals surface area contributed by atoms with Gasteiger partial charge in [-0.15, -0.1) is 0 Å². The topological polar surface area (TPSA) is 91.4 Å². The number of fused-ring (bicyclic) bond motifs is 3. The lowest BCUT2D eigenvalue weighted by atomic mass is 9.91. The van der Waals surface area contributed by atoms with E-state index in [0.717, 1.165) is 77.8 Å². The zero-order valence-electron chi connectivity index (χ0n) is 34.4. The maximum absolute atomic E-state index is 10.3. The van der Waals surface area contributed by atoms with Crippen molar-refractivity contribution >= 4 is 38.9 Å². The molecule has 0 N–H and O–H groups in total. The van der Waals surface area contributed by atoms with Crippen molar-refractivity contribution < 1.29 is 0 Å². The van der Waals surface area contributed by atoms with Gasteiger partial charge in [0.25, 0.3) is 0 Å². The smallest absolute Gasteiger partial charge is 0.187 e. The molecule has 0 saturated carbocycles. The molecule has 2 aromatic heterocycles. The van der Waals surface area contributed by atoms with Gasteiger partial charge >= 0.3 is 0 Å². The maximum Gasteiger partial charge on any atom is 0.187 e. The second kappa shape index (κ2) is 16.5. The minimum atomic E-state index is 0.226. The number of hydrogen-bond acceptors (Lipinski definition) is 4. The Morgan fingerprint density at radius 2 is 1.06 bits per heavy atom. The highest BCUT2D eigenvalue weighted by Crippen LogP contribution is 2.46. The normalized spacial score (nSPS) is 10.7. The minimum Gasteiger partial charge on any atom is -0.308 e. The number of benzene rings is 8. The highest BCUT2D eigenvalue weighted by atomic mass is 15.0. The Bertz CT molecular complexity index is 3600. The standard InChI is InChI=1S/C57H30N8/c1-60-44-21-13-20-40(27-44)48-31-42(57-63-50(37-15-6-4-7-16-37)33-51(64-57)38-17-8-5-9-18-38)30-47(39-19-12-14-36(26-39)34-58)56(48)65-53-23-11-10-22-46(53)49-29-41(24-25-54(49)65)55-43(35-59)28-45(61-2)32-52(55)62-3/h4-33H. The summed E-state index contributed by atoms with van der Waals surface area (Å²) >= 11 is 0. The molecule has 2 heterocycles. The molecule has 0 unspecified atom stereocenters. The zero-order valence-corrected chi connectivity index (χ0v) is 34.4. The molecule has 8 heteroatoms. The van der Waals surface area contributed by atoms with Gasteiger partial charge < -0.3 is 4.57 Å². The molecule has 0 spiro atoms. The van der Waals surface area contributed by atoms with Gasteiger partial charge in [-0.25, -0.2) is 24.5 Å².